The molecule has 0 saturated carbocycles. The minimum atomic E-state index is -0.000121. The molecule has 1 fully saturated rings. The van der Waals surface area contributed by atoms with Gasteiger partial charge in [-0.3, -0.25) is 9.79 Å². The number of nitrogens with zero attached hydrogens (tertiary/aromatic N) is 3. The Morgan fingerprint density at radius 1 is 1.16 bits per heavy atom. The van der Waals surface area contributed by atoms with Crippen LogP contribution in [0.15, 0.2) is 29.3 Å². The number of guanidine groups is 1. The number of piperazine rings is 1. The van der Waals surface area contributed by atoms with E-state index in [1.165, 1.54) is 5.69 Å². The summed E-state index contributed by atoms with van der Waals surface area (Å²) >= 11 is 0. The van der Waals surface area contributed by atoms with Crippen LogP contribution in [-0.4, -0.2) is 70.2 Å². The molecule has 1 aliphatic heterocycles. The van der Waals surface area contributed by atoms with Crippen LogP contribution < -0.4 is 20.3 Å². The third-order valence-corrected chi connectivity index (χ3v) is 4.21. The van der Waals surface area contributed by atoms with Crippen molar-refractivity contribution in [1.82, 2.24) is 15.5 Å². The number of carbonyl (C=O) groups excluding carboxylic acids is 1. The fourth-order valence-electron chi connectivity index (χ4n) is 2.79. The first-order valence-electron chi connectivity index (χ1n) is 8.79. The molecule has 25 heavy (non-hydrogen) atoms. The molecule has 0 spiro atoms. The summed E-state index contributed by atoms with van der Waals surface area (Å²) in [5.41, 5.74) is 1.20. The second-order valence-corrected chi connectivity index (χ2v) is 5.92. The van der Waals surface area contributed by atoms with Gasteiger partial charge in [-0.1, -0.05) is 6.92 Å². The van der Waals surface area contributed by atoms with Crippen LogP contribution in [-0.2, 0) is 4.79 Å². The normalized spacial score (nSPS) is 15.1. The SMILES string of the molecule is CCCNC(=O)CNC(=NC)N1CCN(c2ccc(OC)cc2)CC1. The van der Waals surface area contributed by atoms with E-state index >= 15 is 0 Å². The van der Waals surface area contributed by atoms with Gasteiger partial charge in [0.15, 0.2) is 5.96 Å². The summed E-state index contributed by atoms with van der Waals surface area (Å²) in [6.45, 7) is 6.55. The second kappa shape index (κ2) is 9.76. The molecule has 1 amide bonds. The maximum absolute atomic E-state index is 11.7. The fourth-order valence-corrected chi connectivity index (χ4v) is 2.79. The number of anilines is 1. The van der Waals surface area contributed by atoms with Gasteiger partial charge >= 0.3 is 0 Å². The molecule has 0 atom stereocenters. The highest BCUT2D eigenvalue weighted by atomic mass is 16.5. The van der Waals surface area contributed by atoms with Crippen LogP contribution in [0.2, 0.25) is 0 Å². The van der Waals surface area contributed by atoms with E-state index in [0.29, 0.717) is 6.54 Å². The number of carbonyl (C=O) groups is 1. The molecule has 0 aromatic heterocycles. The highest BCUT2D eigenvalue weighted by molar-refractivity contribution is 5.86. The average Bonchev–Trinajstić information content (AvgIpc) is 2.67. The number of hydrogen-bond acceptors (Lipinski definition) is 4. The summed E-state index contributed by atoms with van der Waals surface area (Å²) < 4.78 is 5.21. The molecular formula is C18H29N5O2. The number of rotatable bonds is 6. The number of methoxy groups -OCH3 is 1. The van der Waals surface area contributed by atoms with Gasteiger partial charge in [0.1, 0.15) is 5.75 Å². The summed E-state index contributed by atoms with van der Waals surface area (Å²) in [6.07, 6.45) is 0.938. The molecular weight excluding hydrogens is 318 g/mol. The lowest BCUT2D eigenvalue weighted by atomic mass is 10.2. The molecule has 0 bridgehead atoms. The van der Waals surface area contributed by atoms with Crippen molar-refractivity contribution >= 4 is 17.6 Å². The number of hydrogen-bond donors (Lipinski definition) is 2. The van der Waals surface area contributed by atoms with E-state index < -0.39 is 0 Å². The standard InChI is InChI=1S/C18H29N5O2/c1-4-9-20-17(24)14-21-18(19-2)23-12-10-22(11-13-23)15-5-7-16(25-3)8-6-15/h5-8H,4,9-14H2,1-3H3,(H,19,21)(H,20,24). The van der Waals surface area contributed by atoms with Gasteiger partial charge < -0.3 is 25.2 Å². The summed E-state index contributed by atoms with van der Waals surface area (Å²) in [5.74, 6) is 1.65. The summed E-state index contributed by atoms with van der Waals surface area (Å²) in [6, 6.07) is 8.13. The van der Waals surface area contributed by atoms with Gasteiger partial charge in [-0.15, -0.1) is 0 Å². The number of benzene rings is 1. The molecule has 1 aromatic rings. The average molecular weight is 347 g/mol. The smallest absolute Gasteiger partial charge is 0.239 e. The van der Waals surface area contributed by atoms with Crippen LogP contribution >= 0.6 is 0 Å². The van der Waals surface area contributed by atoms with E-state index in [-0.39, 0.29) is 12.5 Å². The molecule has 7 nitrogen and oxygen atoms in total. The molecule has 1 saturated heterocycles. The zero-order chi connectivity index (χ0) is 18.1. The summed E-state index contributed by atoms with van der Waals surface area (Å²) in [7, 11) is 3.43. The van der Waals surface area contributed by atoms with Crippen LogP contribution in [0, 0.1) is 0 Å². The van der Waals surface area contributed by atoms with Crippen molar-refractivity contribution < 1.29 is 9.53 Å². The Morgan fingerprint density at radius 3 is 2.40 bits per heavy atom. The van der Waals surface area contributed by atoms with E-state index in [4.69, 9.17) is 4.74 Å². The van der Waals surface area contributed by atoms with Crippen molar-refractivity contribution in [2.45, 2.75) is 13.3 Å². The predicted octanol–water partition coefficient (Wildman–Crippen LogP) is 0.919. The van der Waals surface area contributed by atoms with Gasteiger partial charge in [0.05, 0.1) is 13.7 Å². The Kier molecular flexibility index (Phi) is 7.37. The molecule has 1 heterocycles. The van der Waals surface area contributed by atoms with Crippen LogP contribution in [0.5, 0.6) is 5.75 Å². The van der Waals surface area contributed by atoms with E-state index in [1.54, 1.807) is 14.2 Å². The van der Waals surface area contributed by atoms with Crippen molar-refractivity contribution in [3.63, 3.8) is 0 Å². The molecule has 138 valence electrons. The molecule has 2 N–H and O–H groups in total. The Balaban J connectivity index is 1.81. The van der Waals surface area contributed by atoms with Gasteiger partial charge in [0.2, 0.25) is 5.91 Å². The van der Waals surface area contributed by atoms with Crippen LogP contribution in [0.3, 0.4) is 0 Å². The van der Waals surface area contributed by atoms with E-state index in [0.717, 1.165) is 44.3 Å². The topological polar surface area (TPSA) is 69.2 Å². The van der Waals surface area contributed by atoms with Crippen molar-refractivity contribution in [1.29, 1.82) is 0 Å². The fraction of sp³-hybridized carbons (Fsp3) is 0.556. The zero-order valence-corrected chi connectivity index (χ0v) is 15.4. The Hall–Kier alpha value is -2.44. The van der Waals surface area contributed by atoms with Crippen molar-refractivity contribution in [2.24, 2.45) is 4.99 Å². The number of amides is 1. The lowest BCUT2D eigenvalue weighted by molar-refractivity contribution is -0.120. The van der Waals surface area contributed by atoms with Crippen molar-refractivity contribution in [3.05, 3.63) is 24.3 Å². The Bertz CT molecular complexity index is 565. The van der Waals surface area contributed by atoms with E-state index in [2.05, 4.69) is 37.6 Å². The number of nitrogens with one attached hydrogen (secondary N) is 2. The third-order valence-electron chi connectivity index (χ3n) is 4.21. The number of aliphatic imine (C=N–C) groups is 1. The first kappa shape index (κ1) is 18.9. The first-order valence-corrected chi connectivity index (χ1v) is 8.79. The van der Waals surface area contributed by atoms with Gasteiger partial charge in [-0.2, -0.15) is 0 Å². The highest BCUT2D eigenvalue weighted by Crippen LogP contribution is 2.20. The van der Waals surface area contributed by atoms with Gasteiger partial charge in [-0.25, -0.2) is 0 Å². The largest absolute Gasteiger partial charge is 0.497 e. The van der Waals surface area contributed by atoms with Gasteiger partial charge in [0, 0.05) is 45.5 Å². The quantitative estimate of drug-likeness (QED) is 0.592. The lowest BCUT2D eigenvalue weighted by Gasteiger charge is -2.37. The Labute approximate surface area is 150 Å². The van der Waals surface area contributed by atoms with Crippen molar-refractivity contribution in [2.75, 3.05) is 58.3 Å². The molecule has 2 rings (SSSR count). The number of ether oxygens (including phenoxy) is 1. The highest BCUT2D eigenvalue weighted by Gasteiger charge is 2.20. The first-order chi connectivity index (χ1) is 12.2. The summed E-state index contributed by atoms with van der Waals surface area (Å²) in [4.78, 5) is 20.6. The van der Waals surface area contributed by atoms with Crippen LogP contribution in [0.25, 0.3) is 0 Å². The monoisotopic (exact) mass is 347 g/mol. The zero-order valence-electron chi connectivity index (χ0n) is 15.4. The third kappa shape index (κ3) is 5.55. The van der Waals surface area contributed by atoms with Crippen LogP contribution in [0.4, 0.5) is 5.69 Å². The van der Waals surface area contributed by atoms with Crippen molar-refractivity contribution in [3.8, 4) is 5.75 Å². The Morgan fingerprint density at radius 2 is 1.84 bits per heavy atom. The minimum absolute atomic E-state index is 0.000121. The molecule has 1 aliphatic rings. The molecule has 1 aromatic carbocycles. The van der Waals surface area contributed by atoms with Gasteiger partial charge in [0.25, 0.3) is 0 Å². The van der Waals surface area contributed by atoms with Gasteiger partial charge in [-0.05, 0) is 30.7 Å². The minimum Gasteiger partial charge on any atom is -0.497 e. The molecule has 0 unspecified atom stereocenters. The maximum Gasteiger partial charge on any atom is 0.239 e. The molecule has 0 radical (unpaired) electrons. The maximum atomic E-state index is 11.7. The molecule has 0 aliphatic carbocycles. The van der Waals surface area contributed by atoms with E-state index in [9.17, 15) is 4.79 Å². The predicted molar refractivity (Wildman–Crippen MR) is 101 cm³/mol. The summed E-state index contributed by atoms with van der Waals surface area (Å²) in [5, 5.41) is 6.01. The lowest BCUT2D eigenvalue weighted by Crippen LogP contribution is -2.53. The molecule has 7 heteroatoms. The van der Waals surface area contributed by atoms with E-state index in [1.807, 2.05) is 19.1 Å². The van der Waals surface area contributed by atoms with Crippen LogP contribution in [0.1, 0.15) is 13.3 Å². The second-order valence-electron chi connectivity index (χ2n) is 5.92.